The zero-order valence-corrected chi connectivity index (χ0v) is 4.92. The van der Waals surface area contributed by atoms with Gasteiger partial charge in [-0.05, 0) is 13.3 Å². The lowest BCUT2D eigenvalue weighted by Crippen LogP contribution is -2.27. The zero-order valence-electron chi connectivity index (χ0n) is 4.92. The number of hydrogen-bond acceptors (Lipinski definition) is 1. The summed E-state index contributed by atoms with van der Waals surface area (Å²) < 4.78 is 0. The van der Waals surface area contributed by atoms with Gasteiger partial charge in [-0.1, -0.05) is 0 Å². The summed E-state index contributed by atoms with van der Waals surface area (Å²) in [5.41, 5.74) is 0. The van der Waals surface area contributed by atoms with Gasteiger partial charge in [-0.2, -0.15) is 0 Å². The normalized spacial score (nSPS) is 29.4. The third kappa shape index (κ3) is 0.724. The van der Waals surface area contributed by atoms with Crippen molar-refractivity contribution < 1.29 is 4.79 Å². The van der Waals surface area contributed by atoms with Crippen molar-refractivity contribution in [3.8, 4) is 0 Å². The van der Waals surface area contributed by atoms with Gasteiger partial charge in [0.1, 0.15) is 0 Å². The highest BCUT2D eigenvalue weighted by atomic mass is 16.2. The van der Waals surface area contributed by atoms with Crippen molar-refractivity contribution in [1.29, 1.82) is 0 Å². The van der Waals surface area contributed by atoms with Crippen LogP contribution in [0.4, 0.5) is 0 Å². The lowest BCUT2D eigenvalue weighted by Gasteiger charge is -2.14. The van der Waals surface area contributed by atoms with E-state index >= 15 is 0 Å². The summed E-state index contributed by atoms with van der Waals surface area (Å²) in [4.78, 5) is 11.9. The van der Waals surface area contributed by atoms with Crippen LogP contribution in [-0.2, 0) is 4.79 Å². The summed E-state index contributed by atoms with van der Waals surface area (Å²) >= 11 is 0. The average Bonchev–Trinajstić information content (AvgIpc) is 1.98. The minimum Gasteiger partial charge on any atom is -0.394 e. The highest BCUT2D eigenvalue weighted by Crippen LogP contribution is 2.13. The van der Waals surface area contributed by atoms with Crippen molar-refractivity contribution in [3.63, 3.8) is 0 Å². The monoisotopic (exact) mass is 109 g/mol. The second-order valence-electron chi connectivity index (χ2n) is 2.19. The maximum atomic E-state index is 10.6. The van der Waals surface area contributed by atoms with Crippen molar-refractivity contribution in [2.24, 2.45) is 0 Å². The highest BCUT2D eigenvalue weighted by molar-refractivity contribution is 6.15. The fraction of sp³-hybridized carbons (Fsp3) is 0.800. The Balaban J connectivity index is 2.56. The second-order valence-corrected chi connectivity index (χ2v) is 2.19. The molecule has 8 heavy (non-hydrogen) atoms. The summed E-state index contributed by atoms with van der Waals surface area (Å²) in [7, 11) is 5.31. The Morgan fingerprint density at radius 3 is 2.62 bits per heavy atom. The SMILES string of the molecule is [B]N1C(=O)CC[C@H]1C. The minimum atomic E-state index is 0.0671. The van der Waals surface area contributed by atoms with E-state index in [1.165, 1.54) is 4.81 Å². The Hall–Kier alpha value is -0.465. The van der Waals surface area contributed by atoms with Crippen LogP contribution in [0.25, 0.3) is 0 Å². The molecule has 0 unspecified atom stereocenters. The first kappa shape index (κ1) is 5.67. The van der Waals surface area contributed by atoms with E-state index < -0.39 is 0 Å². The van der Waals surface area contributed by atoms with E-state index in [2.05, 4.69) is 0 Å². The van der Waals surface area contributed by atoms with Gasteiger partial charge in [0, 0.05) is 12.5 Å². The van der Waals surface area contributed by atoms with Gasteiger partial charge in [-0.3, -0.25) is 4.79 Å². The van der Waals surface area contributed by atoms with Crippen LogP contribution >= 0.6 is 0 Å². The van der Waals surface area contributed by atoms with Crippen molar-refractivity contribution in [1.82, 2.24) is 4.81 Å². The molecule has 0 aromatic carbocycles. The Bertz CT molecular complexity index is 115. The van der Waals surface area contributed by atoms with Gasteiger partial charge in [-0.15, -0.1) is 0 Å². The molecule has 1 heterocycles. The average molecular weight is 109 g/mol. The molecule has 1 aliphatic heterocycles. The number of rotatable bonds is 0. The van der Waals surface area contributed by atoms with Crippen LogP contribution in [0.15, 0.2) is 0 Å². The second kappa shape index (κ2) is 1.80. The molecule has 0 bridgehead atoms. The lowest BCUT2D eigenvalue weighted by molar-refractivity contribution is -0.124. The Labute approximate surface area is 50.3 Å². The first-order chi connectivity index (χ1) is 3.72. The fourth-order valence-electron chi connectivity index (χ4n) is 0.846. The molecule has 1 saturated heterocycles. The Morgan fingerprint density at radius 2 is 2.50 bits per heavy atom. The third-order valence-electron chi connectivity index (χ3n) is 1.54. The molecule has 0 aromatic heterocycles. The van der Waals surface area contributed by atoms with E-state index in [1.54, 1.807) is 0 Å². The number of carbonyl (C=O) groups is 1. The molecular formula is C5H8BNO. The smallest absolute Gasteiger partial charge is 0.230 e. The quantitative estimate of drug-likeness (QED) is 0.403. The molecule has 0 aromatic rings. The van der Waals surface area contributed by atoms with Crippen LogP contribution in [0.3, 0.4) is 0 Å². The van der Waals surface area contributed by atoms with Crippen molar-refractivity contribution >= 4 is 13.9 Å². The van der Waals surface area contributed by atoms with E-state index in [0.717, 1.165) is 6.42 Å². The lowest BCUT2D eigenvalue weighted by atomic mass is 10.2. The molecule has 2 radical (unpaired) electrons. The van der Waals surface area contributed by atoms with E-state index in [1.807, 2.05) is 6.92 Å². The molecule has 42 valence electrons. The van der Waals surface area contributed by atoms with Crippen LogP contribution in [0.5, 0.6) is 0 Å². The van der Waals surface area contributed by atoms with Gasteiger partial charge in [0.25, 0.3) is 0 Å². The summed E-state index contributed by atoms with van der Waals surface area (Å²) in [6.45, 7) is 1.95. The van der Waals surface area contributed by atoms with Crippen LogP contribution in [0, 0.1) is 0 Å². The van der Waals surface area contributed by atoms with Gasteiger partial charge < -0.3 is 4.81 Å². The number of hydrogen-bond donors (Lipinski definition) is 0. The predicted octanol–water partition coefficient (Wildman–Crippen LogP) is 0.0808. The summed E-state index contributed by atoms with van der Waals surface area (Å²) in [6, 6.07) is 0.252. The standard InChI is InChI=1S/C5H8BNO/c1-4-2-3-5(8)7(4)6/h4H,2-3H2,1H3/t4-/m1/s1. The topological polar surface area (TPSA) is 20.3 Å². The molecule has 1 amide bonds. The van der Waals surface area contributed by atoms with Gasteiger partial charge >= 0.3 is 0 Å². The molecule has 1 rings (SSSR count). The first-order valence-electron chi connectivity index (χ1n) is 2.78. The minimum absolute atomic E-state index is 0.0671. The van der Waals surface area contributed by atoms with Crippen molar-refractivity contribution in [3.05, 3.63) is 0 Å². The fourth-order valence-corrected chi connectivity index (χ4v) is 0.846. The molecule has 1 fully saturated rings. The van der Waals surface area contributed by atoms with E-state index in [9.17, 15) is 4.79 Å². The predicted molar refractivity (Wildman–Crippen MR) is 31.3 cm³/mol. The van der Waals surface area contributed by atoms with E-state index in [-0.39, 0.29) is 11.9 Å². The van der Waals surface area contributed by atoms with Gasteiger partial charge in [0.15, 0.2) is 0 Å². The molecular weight excluding hydrogens is 101 g/mol. The van der Waals surface area contributed by atoms with Gasteiger partial charge in [0.05, 0.1) is 0 Å². The number of amides is 1. The molecule has 0 aliphatic carbocycles. The molecule has 0 saturated carbocycles. The zero-order chi connectivity index (χ0) is 6.15. The van der Waals surface area contributed by atoms with E-state index in [4.69, 9.17) is 7.98 Å². The molecule has 0 N–H and O–H groups in total. The molecule has 1 aliphatic rings. The number of carbonyl (C=O) groups excluding carboxylic acids is 1. The molecule has 3 heteroatoms. The van der Waals surface area contributed by atoms with E-state index in [0.29, 0.717) is 6.42 Å². The van der Waals surface area contributed by atoms with Gasteiger partial charge in [-0.25, -0.2) is 0 Å². The first-order valence-corrected chi connectivity index (χ1v) is 2.78. The van der Waals surface area contributed by atoms with Gasteiger partial charge in [0.2, 0.25) is 13.9 Å². The maximum absolute atomic E-state index is 10.6. The van der Waals surface area contributed by atoms with Crippen LogP contribution in [-0.4, -0.2) is 24.7 Å². The van der Waals surface area contributed by atoms with Crippen LogP contribution in [0.2, 0.25) is 0 Å². The third-order valence-corrected chi connectivity index (χ3v) is 1.54. The van der Waals surface area contributed by atoms with Crippen molar-refractivity contribution in [2.45, 2.75) is 25.8 Å². The highest BCUT2D eigenvalue weighted by Gasteiger charge is 2.22. The Morgan fingerprint density at radius 1 is 1.88 bits per heavy atom. The van der Waals surface area contributed by atoms with Crippen LogP contribution < -0.4 is 0 Å². The largest absolute Gasteiger partial charge is 0.394 e. The van der Waals surface area contributed by atoms with Crippen LogP contribution in [0.1, 0.15) is 19.8 Å². The number of nitrogens with zero attached hydrogens (tertiary/aromatic N) is 1. The summed E-state index contributed by atoms with van der Waals surface area (Å²) in [5, 5.41) is 0. The summed E-state index contributed by atoms with van der Waals surface area (Å²) in [5.74, 6) is 0.0671. The molecule has 0 spiro atoms. The molecule has 2 nitrogen and oxygen atoms in total. The Kier molecular flexibility index (Phi) is 1.28. The molecule has 1 atom stereocenters. The summed E-state index contributed by atoms with van der Waals surface area (Å²) in [6.07, 6.45) is 1.53. The maximum Gasteiger partial charge on any atom is 0.230 e. The van der Waals surface area contributed by atoms with Crippen molar-refractivity contribution in [2.75, 3.05) is 0 Å².